The van der Waals surface area contributed by atoms with Crippen LogP contribution in [0, 0.1) is 10.1 Å². The number of ether oxygens (including phenoxy) is 1. The molecule has 0 aliphatic carbocycles. The molecule has 0 bridgehead atoms. The second kappa shape index (κ2) is 12.0. The monoisotopic (exact) mass is 462 g/mol. The minimum atomic E-state index is -1.10. The summed E-state index contributed by atoms with van der Waals surface area (Å²) >= 11 is 5.86. The number of carbonyl (C=O) groups is 2. The Bertz CT molecular complexity index is 913. The topological polar surface area (TPSA) is 108 Å². The van der Waals surface area contributed by atoms with Crippen LogP contribution >= 0.6 is 11.6 Å². The van der Waals surface area contributed by atoms with Crippen molar-refractivity contribution in [1.29, 1.82) is 0 Å². The molecule has 2 aromatic rings. The van der Waals surface area contributed by atoms with Gasteiger partial charge in [0.2, 0.25) is 0 Å². The maximum atomic E-state index is 12.5. The van der Waals surface area contributed by atoms with Crippen LogP contribution in [-0.4, -0.2) is 35.5 Å². The summed E-state index contributed by atoms with van der Waals surface area (Å²) in [6.45, 7) is 3.91. The Kier molecular flexibility index (Phi) is 9.46. The molecule has 0 aliphatic heterocycles. The molecule has 8 nitrogen and oxygen atoms in total. The van der Waals surface area contributed by atoms with Gasteiger partial charge in [-0.2, -0.15) is 0 Å². The molecule has 0 heterocycles. The highest BCUT2D eigenvalue weighted by Gasteiger charge is 2.29. The molecular formula is C23H27ClN2O6. The molecule has 1 N–H and O–H groups in total. The fourth-order valence-corrected chi connectivity index (χ4v) is 3.04. The van der Waals surface area contributed by atoms with E-state index in [9.17, 15) is 19.7 Å². The highest BCUT2D eigenvalue weighted by molar-refractivity contribution is 6.30. The molecule has 9 heteroatoms. The zero-order valence-corrected chi connectivity index (χ0v) is 18.9. The maximum Gasteiger partial charge on any atom is 0.294 e. The first-order valence-electron chi connectivity index (χ1n) is 10.3. The summed E-state index contributed by atoms with van der Waals surface area (Å²) in [5.74, 6) is 0.0919. The van der Waals surface area contributed by atoms with Gasteiger partial charge in [-0.3, -0.25) is 9.59 Å². The number of hydrogen-bond acceptors (Lipinski definition) is 6. The van der Waals surface area contributed by atoms with Crippen LogP contribution in [0.25, 0.3) is 0 Å². The van der Waals surface area contributed by atoms with E-state index in [0.717, 1.165) is 19.3 Å². The molecule has 0 atom stereocenters. The standard InChI is InChI=1S/C23H27ClN2O6/c1-23(2,22(28)25-15-5-3-4-6-16-31-26(29)30)32-20-13-9-18(10-14-20)21(27)17-7-11-19(24)12-8-17/h7-14H,3-6,15-16H2,1-2H3,(H,25,28). The number of ketones is 1. The van der Waals surface area contributed by atoms with Crippen LogP contribution < -0.4 is 10.1 Å². The fourth-order valence-electron chi connectivity index (χ4n) is 2.92. The molecule has 0 spiro atoms. The lowest BCUT2D eigenvalue weighted by Crippen LogP contribution is -2.46. The molecule has 0 fully saturated rings. The van der Waals surface area contributed by atoms with Crippen LogP contribution in [0.1, 0.15) is 55.5 Å². The van der Waals surface area contributed by atoms with Crippen molar-refractivity contribution in [3.8, 4) is 5.75 Å². The van der Waals surface area contributed by atoms with E-state index in [2.05, 4.69) is 10.2 Å². The Labute approximate surface area is 192 Å². The summed E-state index contributed by atoms with van der Waals surface area (Å²) in [5.41, 5.74) is -0.0556. The largest absolute Gasteiger partial charge is 0.478 e. The van der Waals surface area contributed by atoms with E-state index < -0.39 is 10.7 Å². The smallest absolute Gasteiger partial charge is 0.294 e. The van der Waals surface area contributed by atoms with Crippen molar-refractivity contribution in [3.63, 3.8) is 0 Å². The number of benzene rings is 2. The molecular weight excluding hydrogens is 436 g/mol. The van der Waals surface area contributed by atoms with Crippen molar-refractivity contribution in [2.75, 3.05) is 13.2 Å². The second-order valence-corrected chi connectivity index (χ2v) is 8.14. The molecule has 2 rings (SSSR count). The Morgan fingerprint density at radius 3 is 2.12 bits per heavy atom. The predicted octanol–water partition coefficient (Wildman–Crippen LogP) is 4.61. The molecule has 172 valence electrons. The highest BCUT2D eigenvalue weighted by Crippen LogP contribution is 2.21. The lowest BCUT2D eigenvalue weighted by Gasteiger charge is -2.25. The first-order chi connectivity index (χ1) is 15.2. The number of nitrogens with one attached hydrogen (secondary N) is 1. The van der Waals surface area contributed by atoms with Gasteiger partial charge in [-0.05, 0) is 75.2 Å². The predicted molar refractivity (Wildman–Crippen MR) is 120 cm³/mol. The van der Waals surface area contributed by atoms with Crippen molar-refractivity contribution in [3.05, 3.63) is 74.8 Å². The van der Waals surface area contributed by atoms with E-state index in [1.807, 2.05) is 0 Å². The van der Waals surface area contributed by atoms with Gasteiger partial charge < -0.3 is 14.9 Å². The van der Waals surface area contributed by atoms with Gasteiger partial charge in [0, 0.05) is 22.7 Å². The normalized spacial score (nSPS) is 11.0. The SMILES string of the molecule is CC(C)(Oc1ccc(C(=O)c2ccc(Cl)cc2)cc1)C(=O)NCCCCCCO[N+](=O)[O-]. The third kappa shape index (κ3) is 8.19. The molecule has 0 aliphatic rings. The first kappa shape index (κ1) is 25.1. The summed E-state index contributed by atoms with van der Waals surface area (Å²) in [4.78, 5) is 39.3. The Hall–Kier alpha value is -3.13. The molecule has 0 aromatic heterocycles. The van der Waals surface area contributed by atoms with Gasteiger partial charge in [0.15, 0.2) is 11.4 Å². The number of nitrogens with zero attached hydrogens (tertiary/aromatic N) is 1. The average Bonchev–Trinajstić information content (AvgIpc) is 2.75. The number of unbranched alkanes of at least 4 members (excludes halogenated alkanes) is 3. The quantitative estimate of drug-likeness (QED) is 0.201. The van der Waals surface area contributed by atoms with E-state index in [1.54, 1.807) is 62.4 Å². The van der Waals surface area contributed by atoms with Crippen LogP contribution in [0.3, 0.4) is 0 Å². The van der Waals surface area contributed by atoms with Gasteiger partial charge in [-0.15, -0.1) is 10.1 Å². The van der Waals surface area contributed by atoms with Crippen LogP contribution in [0.4, 0.5) is 0 Å². The molecule has 0 unspecified atom stereocenters. The van der Waals surface area contributed by atoms with Crippen LogP contribution in [0.5, 0.6) is 5.75 Å². The lowest BCUT2D eigenvalue weighted by molar-refractivity contribution is -0.757. The lowest BCUT2D eigenvalue weighted by atomic mass is 10.0. The highest BCUT2D eigenvalue weighted by atomic mass is 35.5. The summed E-state index contributed by atoms with van der Waals surface area (Å²) in [6, 6.07) is 13.3. The summed E-state index contributed by atoms with van der Waals surface area (Å²) in [7, 11) is 0. The van der Waals surface area contributed by atoms with E-state index >= 15 is 0 Å². The van der Waals surface area contributed by atoms with E-state index in [4.69, 9.17) is 16.3 Å². The number of amides is 1. The number of rotatable bonds is 13. The number of hydrogen-bond donors (Lipinski definition) is 1. The molecule has 2 aromatic carbocycles. The minimum Gasteiger partial charge on any atom is -0.478 e. The molecule has 1 amide bonds. The van der Waals surface area contributed by atoms with Gasteiger partial charge in [0.1, 0.15) is 5.75 Å². The third-order valence-electron chi connectivity index (χ3n) is 4.70. The average molecular weight is 463 g/mol. The number of carbonyl (C=O) groups excluding carboxylic acids is 2. The van der Waals surface area contributed by atoms with E-state index in [-0.39, 0.29) is 18.3 Å². The van der Waals surface area contributed by atoms with Crippen molar-refractivity contribution in [1.82, 2.24) is 5.32 Å². The van der Waals surface area contributed by atoms with Crippen molar-refractivity contribution in [2.45, 2.75) is 45.1 Å². The van der Waals surface area contributed by atoms with Gasteiger partial charge in [0.25, 0.3) is 11.0 Å². The Morgan fingerprint density at radius 1 is 0.969 bits per heavy atom. The fraction of sp³-hybridized carbons (Fsp3) is 0.391. The van der Waals surface area contributed by atoms with Crippen LogP contribution in [-0.2, 0) is 9.63 Å². The number of halogens is 1. The Morgan fingerprint density at radius 2 is 1.53 bits per heavy atom. The van der Waals surface area contributed by atoms with Crippen molar-refractivity contribution >= 4 is 23.3 Å². The van der Waals surface area contributed by atoms with Gasteiger partial charge >= 0.3 is 0 Å². The second-order valence-electron chi connectivity index (χ2n) is 7.70. The first-order valence-corrected chi connectivity index (χ1v) is 10.7. The molecule has 0 saturated heterocycles. The van der Waals surface area contributed by atoms with Crippen molar-refractivity contribution < 1.29 is 24.3 Å². The van der Waals surface area contributed by atoms with Crippen LogP contribution in [0.15, 0.2) is 48.5 Å². The minimum absolute atomic E-state index is 0.0876. The summed E-state index contributed by atoms with van der Waals surface area (Å²) in [6.07, 6.45) is 2.96. The molecule has 0 saturated carbocycles. The third-order valence-corrected chi connectivity index (χ3v) is 4.95. The van der Waals surface area contributed by atoms with Crippen molar-refractivity contribution in [2.24, 2.45) is 0 Å². The Balaban J connectivity index is 1.78. The van der Waals surface area contributed by atoms with Gasteiger partial charge in [-0.25, -0.2) is 0 Å². The molecule has 0 radical (unpaired) electrons. The van der Waals surface area contributed by atoms with Gasteiger partial charge in [0.05, 0.1) is 6.61 Å². The van der Waals surface area contributed by atoms with Gasteiger partial charge in [-0.1, -0.05) is 24.4 Å². The summed E-state index contributed by atoms with van der Waals surface area (Å²) < 4.78 is 5.83. The van der Waals surface area contributed by atoms with Crippen LogP contribution in [0.2, 0.25) is 5.02 Å². The molecule has 32 heavy (non-hydrogen) atoms. The van der Waals surface area contributed by atoms with E-state index in [1.165, 1.54) is 0 Å². The maximum absolute atomic E-state index is 12.5. The zero-order valence-electron chi connectivity index (χ0n) is 18.1. The zero-order chi connectivity index (χ0) is 23.6. The van der Waals surface area contributed by atoms with E-state index in [0.29, 0.717) is 34.9 Å². The summed E-state index contributed by atoms with van der Waals surface area (Å²) in [5, 5.41) is 12.7.